The lowest BCUT2D eigenvalue weighted by atomic mass is 10.1. The van der Waals surface area contributed by atoms with E-state index in [1.165, 1.54) is 16.8 Å². The Kier molecular flexibility index (Phi) is 6.94. The summed E-state index contributed by atoms with van der Waals surface area (Å²) in [6, 6.07) is 14.7. The summed E-state index contributed by atoms with van der Waals surface area (Å²) in [6.45, 7) is 4.43. The van der Waals surface area contributed by atoms with E-state index in [9.17, 15) is 0 Å². The second-order valence-corrected chi connectivity index (χ2v) is 6.00. The zero-order chi connectivity index (χ0) is 17.4. The van der Waals surface area contributed by atoms with Gasteiger partial charge in [0, 0.05) is 32.9 Å². The molecule has 0 heterocycles. The monoisotopic (exact) mass is 328 g/mol. The molecule has 24 heavy (non-hydrogen) atoms. The summed E-state index contributed by atoms with van der Waals surface area (Å²) >= 11 is 0. The lowest BCUT2D eigenvalue weighted by Gasteiger charge is -2.14. The maximum absolute atomic E-state index is 5.76. The Morgan fingerprint density at radius 1 is 0.917 bits per heavy atom. The van der Waals surface area contributed by atoms with Gasteiger partial charge in [0.25, 0.3) is 0 Å². The first kappa shape index (κ1) is 18.1. The Hall–Kier alpha value is -2.20. The highest BCUT2D eigenvalue weighted by Crippen LogP contribution is 2.28. The van der Waals surface area contributed by atoms with Crippen molar-refractivity contribution in [1.29, 1.82) is 0 Å². The zero-order valence-electron chi connectivity index (χ0n) is 15.1. The molecule has 0 spiro atoms. The van der Waals surface area contributed by atoms with Gasteiger partial charge in [0.2, 0.25) is 0 Å². The smallest absolute Gasteiger partial charge is 0.161 e. The summed E-state index contributed by atoms with van der Waals surface area (Å²) in [6.07, 6.45) is 0.981. The molecule has 2 rings (SSSR count). The van der Waals surface area contributed by atoms with Crippen LogP contribution in [0.1, 0.15) is 24.5 Å². The van der Waals surface area contributed by atoms with Crippen molar-refractivity contribution in [3.63, 3.8) is 0 Å². The van der Waals surface area contributed by atoms with Gasteiger partial charge in [-0.05, 0) is 41.8 Å². The summed E-state index contributed by atoms with van der Waals surface area (Å²) in [7, 11) is 5.77. The largest absolute Gasteiger partial charge is 0.493 e. The molecule has 2 aromatic carbocycles. The number of hydrogen-bond acceptors (Lipinski definition) is 4. The van der Waals surface area contributed by atoms with E-state index in [4.69, 9.17) is 9.47 Å². The molecule has 0 aromatic heterocycles. The van der Waals surface area contributed by atoms with Crippen LogP contribution in [0.2, 0.25) is 0 Å². The minimum atomic E-state index is 0.700. The molecule has 4 nitrogen and oxygen atoms in total. The van der Waals surface area contributed by atoms with E-state index < -0.39 is 0 Å². The molecule has 0 aliphatic carbocycles. The van der Waals surface area contributed by atoms with Crippen LogP contribution in [-0.4, -0.2) is 27.8 Å². The highest BCUT2D eigenvalue weighted by Gasteiger charge is 2.05. The third-order valence-corrected chi connectivity index (χ3v) is 3.80. The Balaban J connectivity index is 1.91. The van der Waals surface area contributed by atoms with Crippen LogP contribution in [-0.2, 0) is 13.1 Å². The quantitative estimate of drug-likeness (QED) is 0.758. The normalized spacial score (nSPS) is 10.5. The number of benzene rings is 2. The fourth-order valence-corrected chi connectivity index (χ4v) is 2.42. The van der Waals surface area contributed by atoms with E-state index in [0.29, 0.717) is 6.61 Å². The molecule has 130 valence electrons. The first-order valence-corrected chi connectivity index (χ1v) is 8.40. The summed E-state index contributed by atoms with van der Waals surface area (Å²) in [4.78, 5) is 2.10. The fraction of sp³-hybridized carbons (Fsp3) is 0.400. The van der Waals surface area contributed by atoms with Crippen molar-refractivity contribution in [3.05, 3.63) is 53.6 Å². The van der Waals surface area contributed by atoms with Crippen LogP contribution in [0.3, 0.4) is 0 Å². The standard InChI is InChI=1S/C20H28N2O2/c1-5-12-24-20-13-17(8-11-19(20)23-4)15-21-14-16-6-9-18(10-7-16)22(2)3/h6-11,13,21H,5,12,14-15H2,1-4H3. The van der Waals surface area contributed by atoms with Gasteiger partial charge >= 0.3 is 0 Å². The number of anilines is 1. The molecular formula is C20H28N2O2. The molecule has 1 N–H and O–H groups in total. The van der Waals surface area contributed by atoms with E-state index in [-0.39, 0.29) is 0 Å². The Labute approximate surface area is 145 Å². The second-order valence-electron chi connectivity index (χ2n) is 6.00. The third kappa shape index (κ3) is 5.17. The van der Waals surface area contributed by atoms with E-state index >= 15 is 0 Å². The number of methoxy groups -OCH3 is 1. The maximum Gasteiger partial charge on any atom is 0.161 e. The predicted octanol–water partition coefficient (Wildman–Crippen LogP) is 3.84. The molecule has 0 bridgehead atoms. The third-order valence-electron chi connectivity index (χ3n) is 3.80. The van der Waals surface area contributed by atoms with Crippen LogP contribution >= 0.6 is 0 Å². The van der Waals surface area contributed by atoms with E-state index in [2.05, 4.69) is 67.6 Å². The average Bonchev–Trinajstić information content (AvgIpc) is 2.60. The van der Waals surface area contributed by atoms with Crippen molar-refractivity contribution in [2.75, 3.05) is 32.7 Å². The van der Waals surface area contributed by atoms with Gasteiger partial charge in [-0.1, -0.05) is 25.1 Å². The van der Waals surface area contributed by atoms with Crippen LogP contribution < -0.4 is 19.7 Å². The van der Waals surface area contributed by atoms with Gasteiger partial charge < -0.3 is 19.7 Å². The number of ether oxygens (including phenoxy) is 2. The van der Waals surface area contributed by atoms with Crippen molar-refractivity contribution >= 4 is 5.69 Å². The van der Waals surface area contributed by atoms with E-state index in [1.807, 2.05) is 6.07 Å². The van der Waals surface area contributed by atoms with Crippen molar-refractivity contribution < 1.29 is 9.47 Å². The molecule has 0 saturated heterocycles. The molecule has 0 radical (unpaired) electrons. The number of nitrogens with zero attached hydrogens (tertiary/aromatic N) is 1. The van der Waals surface area contributed by atoms with Crippen LogP contribution in [0, 0.1) is 0 Å². The van der Waals surface area contributed by atoms with Gasteiger partial charge in [-0.2, -0.15) is 0 Å². The summed E-state index contributed by atoms with van der Waals surface area (Å²) in [5.74, 6) is 1.60. The first-order valence-electron chi connectivity index (χ1n) is 8.40. The molecule has 4 heteroatoms. The van der Waals surface area contributed by atoms with Crippen molar-refractivity contribution in [2.45, 2.75) is 26.4 Å². The Morgan fingerprint density at radius 2 is 1.58 bits per heavy atom. The Morgan fingerprint density at radius 3 is 2.21 bits per heavy atom. The van der Waals surface area contributed by atoms with Gasteiger partial charge in [-0.15, -0.1) is 0 Å². The van der Waals surface area contributed by atoms with Crippen LogP contribution in [0.4, 0.5) is 5.69 Å². The minimum absolute atomic E-state index is 0.700. The molecule has 0 aliphatic rings. The highest BCUT2D eigenvalue weighted by molar-refractivity contribution is 5.46. The van der Waals surface area contributed by atoms with Gasteiger partial charge in [0.1, 0.15) is 0 Å². The average molecular weight is 328 g/mol. The van der Waals surface area contributed by atoms with Crippen molar-refractivity contribution in [2.24, 2.45) is 0 Å². The summed E-state index contributed by atoms with van der Waals surface area (Å²) < 4.78 is 11.1. The highest BCUT2D eigenvalue weighted by atomic mass is 16.5. The number of rotatable bonds is 9. The molecule has 0 fully saturated rings. The fourth-order valence-electron chi connectivity index (χ4n) is 2.42. The van der Waals surface area contributed by atoms with Gasteiger partial charge in [-0.25, -0.2) is 0 Å². The second kappa shape index (κ2) is 9.18. The lowest BCUT2D eigenvalue weighted by Crippen LogP contribution is -2.13. The van der Waals surface area contributed by atoms with Crippen molar-refractivity contribution in [3.8, 4) is 11.5 Å². The first-order chi connectivity index (χ1) is 11.6. The van der Waals surface area contributed by atoms with Crippen molar-refractivity contribution in [1.82, 2.24) is 5.32 Å². The zero-order valence-corrected chi connectivity index (χ0v) is 15.1. The molecule has 0 amide bonds. The number of hydrogen-bond donors (Lipinski definition) is 1. The number of nitrogens with one attached hydrogen (secondary N) is 1. The summed E-state index contributed by atoms with van der Waals surface area (Å²) in [5, 5.41) is 3.48. The van der Waals surface area contributed by atoms with E-state index in [0.717, 1.165) is 31.0 Å². The molecule has 0 atom stereocenters. The molecule has 0 aliphatic heterocycles. The molecule has 2 aromatic rings. The topological polar surface area (TPSA) is 33.7 Å². The molecular weight excluding hydrogens is 300 g/mol. The SMILES string of the molecule is CCCOc1cc(CNCc2ccc(N(C)C)cc2)ccc1OC. The lowest BCUT2D eigenvalue weighted by molar-refractivity contribution is 0.294. The van der Waals surface area contributed by atoms with Gasteiger partial charge in [-0.3, -0.25) is 0 Å². The summed E-state index contributed by atoms with van der Waals surface area (Å²) in [5.41, 5.74) is 3.68. The maximum atomic E-state index is 5.76. The van der Waals surface area contributed by atoms with E-state index in [1.54, 1.807) is 7.11 Å². The molecule has 0 saturated carbocycles. The van der Waals surface area contributed by atoms with Gasteiger partial charge in [0.05, 0.1) is 13.7 Å². The predicted molar refractivity (Wildman–Crippen MR) is 100 cm³/mol. The minimum Gasteiger partial charge on any atom is -0.493 e. The Bertz CT molecular complexity index is 624. The van der Waals surface area contributed by atoms with Gasteiger partial charge in [0.15, 0.2) is 11.5 Å². The van der Waals surface area contributed by atoms with Crippen LogP contribution in [0.25, 0.3) is 0 Å². The molecule has 0 unspecified atom stereocenters. The van der Waals surface area contributed by atoms with Crippen LogP contribution in [0.5, 0.6) is 11.5 Å². The van der Waals surface area contributed by atoms with Crippen LogP contribution in [0.15, 0.2) is 42.5 Å².